The molecule has 0 bridgehead atoms. The largest absolute Gasteiger partial charge is 0.758 e. The van der Waals surface area contributed by atoms with Crippen molar-refractivity contribution in [3.63, 3.8) is 0 Å². The molecule has 0 saturated heterocycles. The first kappa shape index (κ1) is 17.5. The Hall–Kier alpha value is -2.35. The highest BCUT2D eigenvalue weighted by atomic mass is 32.1. The van der Waals surface area contributed by atoms with Gasteiger partial charge in [-0.15, -0.1) is 11.3 Å². The van der Waals surface area contributed by atoms with Crippen LogP contribution in [0.2, 0.25) is 0 Å². The van der Waals surface area contributed by atoms with E-state index >= 15 is 0 Å². The van der Waals surface area contributed by atoms with Crippen LogP contribution in [-0.2, 0) is 25.8 Å². The number of Topliss-reactive ketones (excluding diaryl/α,β-unsaturated/α-hetero) is 1. The van der Waals surface area contributed by atoms with Crippen LogP contribution in [0.15, 0.2) is 69.8 Å². The molecule has 3 rings (SSSR count). The summed E-state index contributed by atoms with van der Waals surface area (Å²) in [7, 11) is 0. The summed E-state index contributed by atoms with van der Waals surface area (Å²) >= 11 is 6.82. The lowest BCUT2D eigenvalue weighted by Crippen LogP contribution is -2.47. The topological polar surface area (TPSA) is 66.7 Å². The normalized spacial score (nSPS) is 12.9. The number of thiophene rings is 1. The molecular weight excluding hydrogens is 356 g/mol. The minimum Gasteiger partial charge on any atom is -0.758 e. The maximum Gasteiger partial charge on any atom is 0.244 e. The number of carbonyl (C=O) groups is 1. The number of pyridine rings is 1. The van der Waals surface area contributed by atoms with Gasteiger partial charge in [-0.2, -0.15) is 4.57 Å². The van der Waals surface area contributed by atoms with Crippen molar-refractivity contribution in [3.8, 4) is 0 Å². The fourth-order valence-electron chi connectivity index (χ4n) is 2.37. The first-order chi connectivity index (χ1) is 12.2. The summed E-state index contributed by atoms with van der Waals surface area (Å²) in [5.41, 5.74) is 0.695. The Labute approximate surface area is 154 Å². The number of nitrogens with zero attached hydrogens (tertiary/aromatic N) is 2. The van der Waals surface area contributed by atoms with Gasteiger partial charge in [0.15, 0.2) is 12.4 Å². The van der Waals surface area contributed by atoms with E-state index in [0.29, 0.717) is 16.2 Å². The Bertz CT molecular complexity index is 858. The molecule has 0 aliphatic rings. The Morgan fingerprint density at radius 3 is 2.88 bits per heavy atom. The molecule has 5 nitrogen and oxygen atoms in total. The van der Waals surface area contributed by atoms with Crippen molar-refractivity contribution in [1.29, 1.82) is 0 Å². The van der Waals surface area contributed by atoms with Crippen LogP contribution in [0.4, 0.5) is 0 Å². The molecule has 1 atom stereocenters. The zero-order chi connectivity index (χ0) is 17.6. The molecule has 0 aliphatic carbocycles. The third-order valence-electron chi connectivity index (χ3n) is 3.58. The van der Waals surface area contributed by atoms with Gasteiger partial charge < -0.3 is 27.1 Å². The van der Waals surface area contributed by atoms with Crippen LogP contribution < -0.4 is 4.57 Å². The molecule has 128 valence electrons. The summed E-state index contributed by atoms with van der Waals surface area (Å²) in [4.78, 5) is 17.9. The summed E-state index contributed by atoms with van der Waals surface area (Å²) in [5, 5.41) is 11.5. The van der Waals surface area contributed by atoms with Crippen LogP contribution in [0.3, 0.4) is 0 Å². The van der Waals surface area contributed by atoms with Crippen molar-refractivity contribution in [1.82, 2.24) is 0 Å². The zero-order valence-corrected chi connectivity index (χ0v) is 14.9. The third-order valence-corrected chi connectivity index (χ3v) is 4.82. The van der Waals surface area contributed by atoms with E-state index in [4.69, 9.17) is 17.0 Å². The van der Waals surface area contributed by atoms with Gasteiger partial charge in [-0.1, -0.05) is 6.07 Å². The number of furan rings is 1. The maximum atomic E-state index is 13.0. The molecule has 0 saturated carbocycles. The molecule has 7 heteroatoms. The smallest absolute Gasteiger partial charge is 0.244 e. The zero-order valence-electron chi connectivity index (χ0n) is 13.2. The average molecular weight is 372 g/mol. The predicted octanol–water partition coefficient (Wildman–Crippen LogP) is 2.69. The number of aliphatic hydroxyl groups excluding tert-OH is 1. The molecule has 0 aliphatic heterocycles. The van der Waals surface area contributed by atoms with E-state index in [1.165, 1.54) is 11.3 Å². The molecule has 3 aromatic heterocycles. The fourth-order valence-corrected chi connectivity index (χ4v) is 3.35. The van der Waals surface area contributed by atoms with Crippen molar-refractivity contribution in [2.75, 3.05) is 0 Å². The second-order valence-corrected chi connectivity index (χ2v) is 6.66. The summed E-state index contributed by atoms with van der Waals surface area (Å²) in [6, 6.07) is 10.00. The second-order valence-electron chi connectivity index (χ2n) is 5.30. The van der Waals surface area contributed by atoms with E-state index in [-0.39, 0.29) is 24.0 Å². The highest BCUT2D eigenvalue weighted by Gasteiger charge is 2.29. The lowest BCUT2D eigenvalue weighted by atomic mass is 10.1. The molecule has 3 aromatic rings. The number of hydrogen-bond donors (Lipinski definition) is 1. The first-order valence-electron chi connectivity index (χ1n) is 7.61. The number of aromatic nitrogens is 1. The van der Waals surface area contributed by atoms with Gasteiger partial charge >= 0.3 is 0 Å². The van der Waals surface area contributed by atoms with Crippen LogP contribution in [0.5, 0.6) is 0 Å². The average Bonchev–Trinajstić information content (AvgIpc) is 3.34. The van der Waals surface area contributed by atoms with Gasteiger partial charge in [0, 0.05) is 11.6 Å². The van der Waals surface area contributed by atoms with Crippen molar-refractivity contribution in [2.45, 2.75) is 19.2 Å². The second kappa shape index (κ2) is 8.15. The summed E-state index contributed by atoms with van der Waals surface area (Å²) in [6.45, 7) is 0.164. The van der Waals surface area contributed by atoms with Gasteiger partial charge in [0.25, 0.3) is 0 Å². The molecular formula is C18H16N2O3S2. The van der Waals surface area contributed by atoms with Crippen LogP contribution in [0, 0.1) is 0 Å². The molecule has 0 unspecified atom stereocenters. The maximum absolute atomic E-state index is 13.0. The molecule has 1 N–H and O–H groups in total. The Morgan fingerprint density at radius 1 is 1.32 bits per heavy atom. The number of aliphatic hydroxyl groups is 1. The number of aliphatic imine (C=N–C) groups is 1. The fraction of sp³-hybridized carbons (Fsp3) is 0.167. The number of ketones is 1. The number of rotatable bonds is 7. The molecule has 3 heterocycles. The van der Waals surface area contributed by atoms with Gasteiger partial charge in [0.1, 0.15) is 5.76 Å². The standard InChI is InChI=1S/C18H16N2O3S2/c21-12-13-4-1-7-20(11-13)16(17(22)15-6-3-9-25-15)18(24)19-10-14-5-2-8-23-14/h1-9,11,16,21H,10,12H2/t16-/m1/s1. The first-order valence-corrected chi connectivity index (χ1v) is 8.90. The van der Waals surface area contributed by atoms with Crippen molar-refractivity contribution in [2.24, 2.45) is 4.99 Å². The van der Waals surface area contributed by atoms with Gasteiger partial charge in [-0.25, -0.2) is 0 Å². The molecule has 0 amide bonds. The SMILES string of the molecule is O=C(c1cccs1)[C@H](C([S-])=NCc1ccco1)[n+]1cccc(CO)c1. The van der Waals surface area contributed by atoms with E-state index < -0.39 is 6.04 Å². The molecule has 25 heavy (non-hydrogen) atoms. The van der Waals surface area contributed by atoms with Gasteiger partial charge in [-0.3, -0.25) is 4.79 Å². The monoisotopic (exact) mass is 372 g/mol. The highest BCUT2D eigenvalue weighted by Crippen LogP contribution is 2.17. The highest BCUT2D eigenvalue weighted by molar-refractivity contribution is 7.77. The third kappa shape index (κ3) is 4.19. The van der Waals surface area contributed by atoms with E-state index in [9.17, 15) is 9.90 Å². The van der Waals surface area contributed by atoms with Gasteiger partial charge in [0.2, 0.25) is 11.8 Å². The number of carbonyl (C=O) groups excluding carboxylic acids is 1. The van der Waals surface area contributed by atoms with E-state index in [0.717, 1.165) is 0 Å². The van der Waals surface area contributed by atoms with Gasteiger partial charge in [0.05, 0.1) is 24.3 Å². The van der Waals surface area contributed by atoms with Crippen LogP contribution in [0.25, 0.3) is 0 Å². The minimum atomic E-state index is -0.741. The lowest BCUT2D eigenvalue weighted by molar-refractivity contribution is -0.692. The minimum absolute atomic E-state index is 0.114. The van der Waals surface area contributed by atoms with Crippen LogP contribution >= 0.6 is 11.3 Å². The quantitative estimate of drug-likeness (QED) is 0.228. The molecule has 0 radical (unpaired) electrons. The Kier molecular flexibility index (Phi) is 5.70. The molecule has 0 aromatic carbocycles. The summed E-state index contributed by atoms with van der Waals surface area (Å²) in [6.07, 6.45) is 5.04. The Morgan fingerprint density at radius 2 is 2.20 bits per heavy atom. The molecule has 0 fully saturated rings. The molecule has 0 spiro atoms. The van der Waals surface area contributed by atoms with Gasteiger partial charge in [-0.05, 0) is 34.7 Å². The van der Waals surface area contributed by atoms with Crippen molar-refractivity contribution in [3.05, 3.63) is 76.6 Å². The summed E-state index contributed by atoms with van der Waals surface area (Å²) in [5.74, 6) is 0.557. The van der Waals surface area contributed by atoms with E-state index in [1.807, 2.05) is 17.5 Å². The van der Waals surface area contributed by atoms with E-state index in [1.54, 1.807) is 47.5 Å². The predicted molar refractivity (Wildman–Crippen MR) is 97.5 cm³/mol. The van der Waals surface area contributed by atoms with E-state index in [2.05, 4.69) is 4.99 Å². The lowest BCUT2D eigenvalue weighted by Gasteiger charge is -2.18. The Balaban J connectivity index is 1.95. The number of hydrogen-bond acceptors (Lipinski definition) is 6. The van der Waals surface area contributed by atoms with Crippen LogP contribution in [0.1, 0.15) is 27.0 Å². The van der Waals surface area contributed by atoms with Crippen molar-refractivity contribution < 1.29 is 18.9 Å². The summed E-state index contributed by atoms with van der Waals surface area (Å²) < 4.78 is 6.96. The van der Waals surface area contributed by atoms with Crippen LogP contribution in [-0.4, -0.2) is 15.9 Å². The van der Waals surface area contributed by atoms with Crippen molar-refractivity contribution >= 4 is 34.8 Å².